The van der Waals surface area contributed by atoms with Crippen LogP contribution in [-0.4, -0.2) is 62.5 Å². The summed E-state index contributed by atoms with van der Waals surface area (Å²) in [5, 5.41) is 10.1. The minimum Gasteiger partial charge on any atom is -0.346 e. The minimum absolute atomic E-state index is 0.00255. The number of anilines is 1. The molecule has 0 radical (unpaired) electrons. The molecular formula is C42H37ClF6IN7O5S2. The van der Waals surface area contributed by atoms with Crippen LogP contribution < -0.4 is 10.0 Å². The first-order valence-electron chi connectivity index (χ1n) is 20.1. The van der Waals surface area contributed by atoms with E-state index in [-0.39, 0.29) is 57.1 Å². The molecule has 0 unspecified atom stereocenters. The molecule has 0 spiro atoms. The van der Waals surface area contributed by atoms with Crippen molar-refractivity contribution in [2.24, 2.45) is 13.0 Å². The summed E-state index contributed by atoms with van der Waals surface area (Å²) in [6, 6.07) is 5.99. The van der Waals surface area contributed by atoms with Crippen LogP contribution in [0, 0.1) is 33.0 Å². The number of benzene rings is 2. The lowest BCUT2D eigenvalue weighted by Crippen LogP contribution is -2.35. The van der Waals surface area contributed by atoms with Gasteiger partial charge in [-0.2, -0.15) is 19.0 Å². The summed E-state index contributed by atoms with van der Waals surface area (Å²) in [4.78, 5) is 19.1. The Kier molecular flexibility index (Phi) is 10.9. The first-order chi connectivity index (χ1) is 30.0. The zero-order valence-electron chi connectivity index (χ0n) is 34.0. The maximum atomic E-state index is 15.6. The zero-order valence-corrected chi connectivity index (χ0v) is 38.5. The molecule has 0 saturated heterocycles. The lowest BCUT2D eigenvalue weighted by Gasteiger charge is -2.24. The number of pyridine rings is 1. The van der Waals surface area contributed by atoms with E-state index >= 15 is 8.78 Å². The highest BCUT2D eigenvalue weighted by Crippen LogP contribution is 2.68. The standard InChI is InChI=1S/C42H37ClF6IN7O5S2/c1-41(2,63(59,60)22-4-5-22)11-10-30-29(50)17-25(24-8-9-28(43)34-37(24)56(3)54-40(34)55-64(61,62)23-6-7-23)35(52-30)31(14-19-12-20(44)15-21(45)13-19)51-32(58)18-57-38-33(36(53-57)39(46)47)26-16-27(26)42(38,48)49/h8-9,12-13,15,17,22-23,26-27,31,39H,4-7,14,16,18H2,1-3H3,(H,51,58)(H,54,55)/t26-,27+,31-/m0/s1. The second-order valence-electron chi connectivity index (χ2n) is 17.2. The van der Waals surface area contributed by atoms with Gasteiger partial charge < -0.3 is 5.32 Å². The highest BCUT2D eigenvalue weighted by molar-refractivity contribution is 14.1. The topological polar surface area (TPSA) is 158 Å². The molecule has 3 saturated carbocycles. The summed E-state index contributed by atoms with van der Waals surface area (Å²) in [6.45, 7) is 1.99. The van der Waals surface area contributed by atoms with Gasteiger partial charge in [0.05, 0.1) is 38.2 Å². The molecule has 5 aromatic rings. The quantitative estimate of drug-likeness (QED) is 0.0679. The number of nitrogens with zero attached hydrogens (tertiary/aromatic N) is 5. The molecule has 0 aliphatic heterocycles. The number of amides is 1. The van der Waals surface area contributed by atoms with Crippen LogP contribution in [0.5, 0.6) is 0 Å². The zero-order chi connectivity index (χ0) is 46.0. The van der Waals surface area contributed by atoms with Crippen molar-refractivity contribution in [2.45, 2.75) is 98.5 Å². The van der Waals surface area contributed by atoms with Gasteiger partial charge in [-0.05, 0) is 117 Å². The Hall–Kier alpha value is -4.40. The molecule has 12 nitrogen and oxygen atoms in total. The van der Waals surface area contributed by atoms with E-state index in [4.69, 9.17) is 16.6 Å². The predicted molar refractivity (Wildman–Crippen MR) is 233 cm³/mol. The SMILES string of the molecule is Cn1nc(NS(=O)(=O)C2CC2)c2c(Cl)ccc(-c3cc(I)c(C#CC(C)(C)S(=O)(=O)C4CC4)nc3[C@H](Cc3cc(F)cc(F)c3)NC(=O)Cn3nc(C(F)F)c4c3C(F)(F)[C@@H]3C[C@H]43)c21. The number of rotatable bonds is 13. The summed E-state index contributed by atoms with van der Waals surface area (Å²) < 4.78 is 145. The molecule has 2 N–H and O–H groups in total. The van der Waals surface area contributed by atoms with Gasteiger partial charge in [-0.15, -0.1) is 0 Å². The number of aryl methyl sites for hydroxylation is 1. The van der Waals surface area contributed by atoms with Gasteiger partial charge in [0.15, 0.2) is 15.7 Å². The van der Waals surface area contributed by atoms with Crippen LogP contribution in [0.2, 0.25) is 5.02 Å². The Morgan fingerprint density at radius 2 is 1.67 bits per heavy atom. The van der Waals surface area contributed by atoms with E-state index in [1.54, 1.807) is 19.2 Å². The third-order valence-electron chi connectivity index (χ3n) is 12.1. The van der Waals surface area contributed by atoms with Crippen molar-refractivity contribution in [1.29, 1.82) is 0 Å². The first kappa shape index (κ1) is 44.8. The number of aromatic nitrogens is 5. The number of carbonyl (C=O) groups excluding carboxylic acids is 1. The maximum Gasteiger partial charge on any atom is 0.293 e. The molecule has 3 aromatic heterocycles. The monoisotopic (exact) mass is 1060 g/mol. The van der Waals surface area contributed by atoms with E-state index in [9.17, 15) is 39.2 Å². The summed E-state index contributed by atoms with van der Waals surface area (Å²) >= 11 is 8.68. The Morgan fingerprint density at radius 3 is 2.31 bits per heavy atom. The summed E-state index contributed by atoms with van der Waals surface area (Å²) in [7, 11) is -5.98. The number of hydrogen-bond acceptors (Lipinski definition) is 8. The van der Waals surface area contributed by atoms with Crippen molar-refractivity contribution in [3.05, 3.63) is 90.5 Å². The molecule has 1 amide bonds. The van der Waals surface area contributed by atoms with Crippen LogP contribution in [0.1, 0.15) is 98.2 Å². The molecule has 9 rings (SSSR count). The molecule has 22 heteroatoms. The molecule has 64 heavy (non-hydrogen) atoms. The van der Waals surface area contributed by atoms with Crippen LogP contribution >= 0.6 is 34.2 Å². The fraction of sp³-hybridized carbons (Fsp3) is 0.429. The van der Waals surface area contributed by atoms with E-state index in [0.717, 1.165) is 12.1 Å². The van der Waals surface area contributed by atoms with Gasteiger partial charge in [-0.3, -0.25) is 18.9 Å². The van der Waals surface area contributed by atoms with Crippen molar-refractivity contribution < 1.29 is 48.0 Å². The van der Waals surface area contributed by atoms with Crippen LogP contribution in [0.4, 0.5) is 32.2 Å². The molecule has 4 aliphatic carbocycles. The summed E-state index contributed by atoms with van der Waals surface area (Å²) in [5.74, 6) is -2.79. The smallest absolute Gasteiger partial charge is 0.293 e. The van der Waals surface area contributed by atoms with Crippen molar-refractivity contribution in [1.82, 2.24) is 29.9 Å². The van der Waals surface area contributed by atoms with E-state index in [0.29, 0.717) is 51.1 Å². The molecule has 3 heterocycles. The number of nitrogens with one attached hydrogen (secondary N) is 2. The van der Waals surface area contributed by atoms with Gasteiger partial charge in [0.2, 0.25) is 15.9 Å². The number of sulfonamides is 1. The van der Waals surface area contributed by atoms with Gasteiger partial charge in [0.25, 0.3) is 12.3 Å². The Morgan fingerprint density at radius 1 is 1.00 bits per heavy atom. The molecule has 3 fully saturated rings. The number of hydrogen-bond donors (Lipinski definition) is 2. The van der Waals surface area contributed by atoms with Gasteiger partial charge >= 0.3 is 0 Å². The number of alkyl halides is 4. The predicted octanol–water partition coefficient (Wildman–Crippen LogP) is 8.23. The fourth-order valence-corrected chi connectivity index (χ4v) is 12.5. The maximum absolute atomic E-state index is 15.6. The number of carbonyl (C=O) groups is 1. The largest absolute Gasteiger partial charge is 0.346 e. The average molecular weight is 1060 g/mol. The van der Waals surface area contributed by atoms with Crippen LogP contribution in [0.3, 0.4) is 0 Å². The average Bonchev–Trinajstić information content (AvgIpc) is 4.08. The summed E-state index contributed by atoms with van der Waals surface area (Å²) in [6.07, 6.45) is -1.64. The van der Waals surface area contributed by atoms with Crippen molar-refractivity contribution in [2.75, 3.05) is 4.72 Å². The second kappa shape index (κ2) is 15.6. The molecule has 0 bridgehead atoms. The lowest BCUT2D eigenvalue weighted by molar-refractivity contribution is -0.123. The molecule has 338 valence electrons. The Balaban J connectivity index is 1.21. The van der Waals surface area contributed by atoms with E-state index < -0.39 is 101 Å². The van der Waals surface area contributed by atoms with Crippen molar-refractivity contribution >= 4 is 76.7 Å². The van der Waals surface area contributed by atoms with Crippen LogP contribution in [0.25, 0.3) is 22.0 Å². The first-order valence-corrected chi connectivity index (χ1v) is 24.7. The highest BCUT2D eigenvalue weighted by Gasteiger charge is 2.67. The van der Waals surface area contributed by atoms with Crippen LogP contribution in [0.15, 0.2) is 36.4 Å². The highest BCUT2D eigenvalue weighted by atomic mass is 127. The number of halogens is 8. The molecule has 3 atom stereocenters. The summed E-state index contributed by atoms with van der Waals surface area (Å²) in [5.41, 5.74) is -0.964. The molecule has 2 aromatic carbocycles. The second-order valence-corrected chi connectivity index (χ2v) is 23.5. The van der Waals surface area contributed by atoms with E-state index in [1.165, 1.54) is 24.6 Å². The van der Waals surface area contributed by atoms with Crippen molar-refractivity contribution in [3.63, 3.8) is 0 Å². The van der Waals surface area contributed by atoms with Gasteiger partial charge in [0, 0.05) is 39.3 Å². The minimum atomic E-state index is -3.83. The van der Waals surface area contributed by atoms with Gasteiger partial charge in [-0.1, -0.05) is 23.6 Å². The van der Waals surface area contributed by atoms with Gasteiger partial charge in [-0.25, -0.2) is 39.4 Å². The fourth-order valence-electron chi connectivity index (χ4n) is 8.55. The van der Waals surface area contributed by atoms with Crippen molar-refractivity contribution in [3.8, 4) is 23.0 Å². The van der Waals surface area contributed by atoms with E-state index in [2.05, 4.69) is 32.1 Å². The third-order valence-corrected chi connectivity index (χ3v) is 17.9. The lowest BCUT2D eigenvalue weighted by atomic mass is 9.93. The van der Waals surface area contributed by atoms with Gasteiger partial charge in [0.1, 0.15) is 40.0 Å². The normalized spacial score (nSPS) is 19.6. The molecular weight excluding hydrogens is 1020 g/mol. The Bertz CT molecular complexity index is 3090. The van der Waals surface area contributed by atoms with E-state index in [1.807, 2.05) is 22.6 Å². The third kappa shape index (κ3) is 7.92. The molecule has 4 aliphatic rings. The number of fused-ring (bicyclic) bond motifs is 4. The van der Waals surface area contributed by atoms with Crippen LogP contribution in [-0.2, 0) is 50.6 Å². The number of sulfone groups is 1. The Labute approximate surface area is 382 Å².